The Bertz CT molecular complexity index is 1100. The van der Waals surface area contributed by atoms with Crippen molar-refractivity contribution in [2.75, 3.05) is 53.2 Å². The van der Waals surface area contributed by atoms with E-state index < -0.39 is 10.0 Å². The fraction of sp³-hybridized carbons (Fsp3) is 0.480. The third-order valence-corrected chi connectivity index (χ3v) is 8.11. The van der Waals surface area contributed by atoms with Gasteiger partial charge >= 0.3 is 0 Å². The first kappa shape index (κ1) is 23.1. The van der Waals surface area contributed by atoms with Crippen molar-refractivity contribution in [3.63, 3.8) is 0 Å². The van der Waals surface area contributed by atoms with Crippen LogP contribution in [-0.2, 0) is 14.8 Å². The van der Waals surface area contributed by atoms with Crippen molar-refractivity contribution in [3.05, 3.63) is 65.2 Å². The van der Waals surface area contributed by atoms with Crippen LogP contribution in [0.25, 0.3) is 0 Å². The van der Waals surface area contributed by atoms with Crippen LogP contribution in [0.4, 0.5) is 5.69 Å². The second kappa shape index (κ2) is 9.43. The molecule has 2 atom stereocenters. The fourth-order valence-corrected chi connectivity index (χ4v) is 6.50. The molecule has 1 saturated heterocycles. The summed E-state index contributed by atoms with van der Waals surface area (Å²) in [5, 5.41) is 0. The van der Waals surface area contributed by atoms with E-state index in [4.69, 9.17) is 4.74 Å². The first-order chi connectivity index (χ1) is 15.3. The monoisotopic (exact) mass is 456 g/mol. The highest BCUT2D eigenvalue weighted by molar-refractivity contribution is 7.88. The van der Waals surface area contributed by atoms with E-state index in [1.165, 1.54) is 34.3 Å². The summed E-state index contributed by atoms with van der Waals surface area (Å²) in [5.41, 5.74) is 6.49. The summed E-state index contributed by atoms with van der Waals surface area (Å²) < 4.78 is 33.9. The number of hydrogen-bond donors (Lipinski definition) is 0. The number of ether oxygens (including phenoxy) is 1. The Hall–Kier alpha value is -2.06. The zero-order valence-corrected chi connectivity index (χ0v) is 20.3. The Morgan fingerprint density at radius 1 is 1.16 bits per heavy atom. The highest BCUT2D eigenvalue weighted by atomic mass is 32.2. The summed E-state index contributed by atoms with van der Waals surface area (Å²) in [7, 11) is 0.498. The zero-order chi connectivity index (χ0) is 22.9. The number of hydrogen-bond acceptors (Lipinski definition) is 4. The van der Waals surface area contributed by atoms with Gasteiger partial charge < -0.3 is 9.64 Å². The van der Waals surface area contributed by atoms with Gasteiger partial charge in [0.15, 0.2) is 5.71 Å². The number of benzene rings is 2. The molecular formula is C25H34N3O3S+. The summed E-state index contributed by atoms with van der Waals surface area (Å²) in [4.78, 5) is 2.43. The lowest BCUT2D eigenvalue weighted by atomic mass is 9.90. The Balaban J connectivity index is 1.60. The zero-order valence-electron chi connectivity index (χ0n) is 19.5. The molecule has 2 aromatic carbocycles. The maximum absolute atomic E-state index is 12.4. The summed E-state index contributed by atoms with van der Waals surface area (Å²) in [6.07, 6.45) is 2.15. The molecule has 0 aliphatic carbocycles. The molecule has 2 aliphatic rings. The van der Waals surface area contributed by atoms with E-state index in [0.29, 0.717) is 13.2 Å². The number of sulfonamides is 1. The Labute approximate surface area is 192 Å². The Morgan fingerprint density at radius 2 is 1.91 bits per heavy atom. The molecule has 0 radical (unpaired) electrons. The van der Waals surface area contributed by atoms with Crippen LogP contribution in [0.2, 0.25) is 0 Å². The minimum absolute atomic E-state index is 0.00330. The van der Waals surface area contributed by atoms with Crippen molar-refractivity contribution in [2.24, 2.45) is 0 Å². The van der Waals surface area contributed by atoms with Gasteiger partial charge in [0.1, 0.15) is 7.05 Å². The van der Waals surface area contributed by atoms with Gasteiger partial charge in [-0.15, -0.1) is 0 Å². The second-order valence-corrected chi connectivity index (χ2v) is 10.9. The fourth-order valence-electron chi connectivity index (χ4n) is 5.38. The van der Waals surface area contributed by atoms with Crippen molar-refractivity contribution in [2.45, 2.75) is 25.3 Å². The molecule has 0 saturated carbocycles. The van der Waals surface area contributed by atoms with Crippen molar-refractivity contribution < 1.29 is 17.7 Å². The van der Waals surface area contributed by atoms with Gasteiger partial charge in [-0.25, -0.2) is 8.42 Å². The predicted molar refractivity (Wildman–Crippen MR) is 129 cm³/mol. The van der Waals surface area contributed by atoms with Crippen molar-refractivity contribution in [1.29, 1.82) is 0 Å². The van der Waals surface area contributed by atoms with Gasteiger partial charge in [0.05, 0.1) is 18.8 Å². The number of aryl methyl sites for hydroxylation is 1. The van der Waals surface area contributed by atoms with Crippen LogP contribution >= 0.6 is 0 Å². The molecule has 0 bridgehead atoms. The van der Waals surface area contributed by atoms with Crippen LogP contribution in [0.1, 0.15) is 29.0 Å². The first-order valence-corrected chi connectivity index (χ1v) is 13.1. The van der Waals surface area contributed by atoms with Gasteiger partial charge in [0.2, 0.25) is 15.7 Å². The maximum Gasteiger partial charge on any atom is 0.212 e. The molecule has 7 heteroatoms. The lowest BCUT2D eigenvalue weighted by Crippen LogP contribution is -2.43. The highest BCUT2D eigenvalue weighted by Crippen LogP contribution is 2.39. The molecule has 1 fully saturated rings. The maximum atomic E-state index is 12.4. The van der Waals surface area contributed by atoms with E-state index in [9.17, 15) is 8.42 Å². The van der Waals surface area contributed by atoms with Gasteiger partial charge in [-0.2, -0.15) is 8.88 Å². The molecule has 2 aromatic rings. The van der Waals surface area contributed by atoms with Crippen LogP contribution in [0.15, 0.2) is 48.5 Å². The van der Waals surface area contributed by atoms with Gasteiger partial charge in [0.25, 0.3) is 0 Å². The summed E-state index contributed by atoms with van der Waals surface area (Å²) in [5.74, 6) is 0.252. The van der Waals surface area contributed by atoms with Crippen LogP contribution in [0, 0.1) is 6.92 Å². The molecule has 0 aromatic heterocycles. The number of fused-ring (bicyclic) bond motifs is 1. The van der Waals surface area contributed by atoms with Crippen molar-refractivity contribution in [1.82, 2.24) is 9.21 Å². The minimum atomic E-state index is -3.27. The lowest BCUT2D eigenvalue weighted by molar-refractivity contribution is -0.401. The number of likely N-dealkylation sites (tertiary alicyclic amines) is 1. The van der Waals surface area contributed by atoms with Crippen LogP contribution < -0.4 is 0 Å². The molecule has 0 N–H and O–H groups in total. The number of rotatable bonds is 8. The van der Waals surface area contributed by atoms with Crippen LogP contribution in [0.5, 0.6) is 0 Å². The van der Waals surface area contributed by atoms with Gasteiger partial charge in [-0.05, 0) is 32.0 Å². The van der Waals surface area contributed by atoms with E-state index in [-0.39, 0.29) is 12.0 Å². The summed E-state index contributed by atoms with van der Waals surface area (Å²) in [6, 6.07) is 17.2. The van der Waals surface area contributed by atoms with Gasteiger partial charge in [-0.3, -0.25) is 0 Å². The predicted octanol–water partition coefficient (Wildman–Crippen LogP) is 2.84. The van der Waals surface area contributed by atoms with E-state index in [0.717, 1.165) is 26.1 Å². The quantitative estimate of drug-likeness (QED) is 0.573. The van der Waals surface area contributed by atoms with Crippen molar-refractivity contribution >= 4 is 21.4 Å². The summed E-state index contributed by atoms with van der Waals surface area (Å²) >= 11 is 0. The molecular weight excluding hydrogens is 422 g/mol. The van der Waals surface area contributed by atoms with Crippen LogP contribution in [-0.4, -0.2) is 87.2 Å². The second-order valence-electron chi connectivity index (χ2n) is 8.94. The largest absolute Gasteiger partial charge is 0.383 e. The third-order valence-electron chi connectivity index (χ3n) is 6.78. The standard InChI is InChI=1S/C25H34N3O3S/c1-19-9-8-12-22-23(25(26(2)24(19)22)20-10-6-5-7-11-20)18-27-14-13-21(17-27)28(15-16-31-3)32(4,29)30/h5-12,21,23H,13-18H2,1-4H3/q+1. The molecule has 32 heavy (non-hydrogen) atoms. The topological polar surface area (TPSA) is 52.9 Å². The average molecular weight is 457 g/mol. The summed E-state index contributed by atoms with van der Waals surface area (Å²) in [6.45, 7) is 5.52. The average Bonchev–Trinajstić information content (AvgIpc) is 3.32. The first-order valence-electron chi connectivity index (χ1n) is 11.2. The number of methoxy groups -OCH3 is 1. The SMILES string of the molecule is COCCN(C1CCN(CC2C(c3ccccc3)=[N+](C)c3c(C)cccc32)C1)S(C)(=O)=O. The normalized spacial score (nSPS) is 21.5. The van der Waals surface area contributed by atoms with Crippen molar-refractivity contribution in [3.8, 4) is 0 Å². The molecule has 2 aliphatic heterocycles. The Morgan fingerprint density at radius 3 is 2.59 bits per heavy atom. The van der Waals surface area contributed by atoms with E-state index in [2.05, 4.69) is 72.0 Å². The van der Waals surface area contributed by atoms with Gasteiger partial charge in [0, 0.05) is 49.5 Å². The molecule has 0 spiro atoms. The van der Waals surface area contributed by atoms with E-state index in [1.54, 1.807) is 11.4 Å². The molecule has 172 valence electrons. The molecule has 2 unspecified atom stereocenters. The highest BCUT2D eigenvalue weighted by Gasteiger charge is 2.42. The molecule has 4 rings (SSSR count). The molecule has 2 heterocycles. The minimum Gasteiger partial charge on any atom is -0.383 e. The van der Waals surface area contributed by atoms with Gasteiger partial charge in [-0.1, -0.05) is 36.4 Å². The van der Waals surface area contributed by atoms with E-state index in [1.807, 2.05) is 0 Å². The Kier molecular flexibility index (Phi) is 6.81. The number of nitrogens with zero attached hydrogens (tertiary/aromatic N) is 3. The smallest absolute Gasteiger partial charge is 0.212 e. The van der Waals surface area contributed by atoms with Crippen LogP contribution in [0.3, 0.4) is 0 Å². The molecule has 0 amide bonds. The number of para-hydroxylation sites is 1. The third kappa shape index (κ3) is 4.53. The lowest BCUT2D eigenvalue weighted by Gasteiger charge is -2.27. The molecule has 6 nitrogen and oxygen atoms in total. The van der Waals surface area contributed by atoms with E-state index >= 15 is 0 Å².